The van der Waals surface area contributed by atoms with Crippen LogP contribution in [0.4, 0.5) is 5.69 Å². The van der Waals surface area contributed by atoms with Crippen LogP contribution >= 0.6 is 11.6 Å². The van der Waals surface area contributed by atoms with E-state index in [0.29, 0.717) is 21.9 Å². The second-order valence-corrected chi connectivity index (χ2v) is 6.33. The average Bonchev–Trinajstić information content (AvgIpc) is 3.17. The van der Waals surface area contributed by atoms with E-state index in [1.54, 1.807) is 24.3 Å². The molecule has 28 heavy (non-hydrogen) atoms. The van der Waals surface area contributed by atoms with Gasteiger partial charge in [-0.1, -0.05) is 23.7 Å². The van der Waals surface area contributed by atoms with Crippen LogP contribution in [0.1, 0.15) is 27.8 Å². The summed E-state index contributed by atoms with van der Waals surface area (Å²) in [5.74, 6) is -0.927. The molecule has 0 saturated heterocycles. The Morgan fingerprint density at radius 3 is 2.46 bits per heavy atom. The highest BCUT2D eigenvalue weighted by Crippen LogP contribution is 2.25. The van der Waals surface area contributed by atoms with Crippen LogP contribution < -0.4 is 0 Å². The quantitative estimate of drug-likeness (QED) is 0.252. The number of ether oxygens (including phenoxy) is 1. The second-order valence-electron chi connectivity index (χ2n) is 5.89. The maximum absolute atomic E-state index is 12.4. The van der Waals surface area contributed by atoms with Crippen LogP contribution in [0.5, 0.6) is 0 Å². The van der Waals surface area contributed by atoms with Crippen molar-refractivity contribution in [2.24, 2.45) is 0 Å². The molecule has 1 aromatic heterocycles. The number of Topliss-reactive ketones (excluding diaryl/α,β-unsaturated/α-hetero) is 1. The van der Waals surface area contributed by atoms with E-state index in [1.807, 2.05) is 0 Å². The number of hydrogen-bond acceptors (Lipinski definition) is 6. The second kappa shape index (κ2) is 8.06. The van der Waals surface area contributed by atoms with Crippen LogP contribution in [0.25, 0.3) is 11.3 Å². The predicted octanol–water partition coefficient (Wildman–Crippen LogP) is 4.94. The number of nitro benzene ring substituents is 1. The van der Waals surface area contributed by atoms with Crippen LogP contribution in [0.2, 0.25) is 5.02 Å². The van der Waals surface area contributed by atoms with Gasteiger partial charge in [-0.25, -0.2) is 4.79 Å². The topological polar surface area (TPSA) is 99.7 Å². The van der Waals surface area contributed by atoms with Crippen LogP contribution in [0.3, 0.4) is 0 Å². The highest BCUT2D eigenvalue weighted by Gasteiger charge is 2.22. The number of nitrogens with zero attached hydrogens (tertiary/aromatic N) is 1. The molecule has 2 aromatic carbocycles. The van der Waals surface area contributed by atoms with Gasteiger partial charge in [0.25, 0.3) is 5.69 Å². The van der Waals surface area contributed by atoms with Gasteiger partial charge in [0.15, 0.2) is 6.10 Å². The molecule has 1 heterocycles. The van der Waals surface area contributed by atoms with Crippen LogP contribution in [-0.2, 0) is 4.74 Å². The monoisotopic (exact) mass is 399 g/mol. The zero-order valence-electron chi connectivity index (χ0n) is 14.6. The van der Waals surface area contributed by atoms with Crippen molar-refractivity contribution < 1.29 is 23.7 Å². The molecule has 0 aliphatic heterocycles. The van der Waals surface area contributed by atoms with Crippen LogP contribution in [0, 0.1) is 10.1 Å². The Morgan fingerprint density at radius 1 is 1.11 bits per heavy atom. The molecule has 0 amide bonds. The molecule has 3 rings (SSSR count). The Morgan fingerprint density at radius 2 is 1.82 bits per heavy atom. The summed E-state index contributed by atoms with van der Waals surface area (Å²) < 4.78 is 10.6. The van der Waals surface area contributed by atoms with Gasteiger partial charge in [0.2, 0.25) is 11.5 Å². The maximum Gasteiger partial charge on any atom is 0.374 e. The van der Waals surface area contributed by atoms with E-state index in [0.717, 1.165) is 0 Å². The summed E-state index contributed by atoms with van der Waals surface area (Å²) in [6, 6.07) is 15.0. The van der Waals surface area contributed by atoms with Gasteiger partial charge >= 0.3 is 5.97 Å². The van der Waals surface area contributed by atoms with Crippen LogP contribution in [0.15, 0.2) is 65.1 Å². The number of non-ortho nitro benzene ring substituents is 1. The van der Waals surface area contributed by atoms with Gasteiger partial charge in [-0.15, -0.1) is 0 Å². The maximum atomic E-state index is 12.4. The van der Waals surface area contributed by atoms with Gasteiger partial charge in [0.1, 0.15) is 5.76 Å². The number of esters is 1. The molecule has 1 atom stereocenters. The summed E-state index contributed by atoms with van der Waals surface area (Å²) >= 11 is 5.87. The van der Waals surface area contributed by atoms with E-state index in [9.17, 15) is 19.7 Å². The Kier molecular flexibility index (Phi) is 5.56. The summed E-state index contributed by atoms with van der Waals surface area (Å²) in [6.45, 7) is 1.46. The van der Waals surface area contributed by atoms with Gasteiger partial charge in [-0.2, -0.15) is 0 Å². The fraction of sp³-hybridized carbons (Fsp3) is 0.100. The molecule has 7 nitrogen and oxygen atoms in total. The van der Waals surface area contributed by atoms with Gasteiger partial charge in [-0.05, 0) is 43.3 Å². The minimum Gasteiger partial charge on any atom is -0.449 e. The Balaban J connectivity index is 1.70. The molecule has 0 fully saturated rings. The lowest BCUT2D eigenvalue weighted by atomic mass is 10.1. The largest absolute Gasteiger partial charge is 0.449 e. The summed E-state index contributed by atoms with van der Waals surface area (Å²) in [5.41, 5.74) is 0.842. The van der Waals surface area contributed by atoms with Crippen molar-refractivity contribution in [1.29, 1.82) is 0 Å². The highest BCUT2D eigenvalue weighted by atomic mass is 35.5. The van der Waals surface area contributed by atoms with Gasteiger partial charge in [-0.3, -0.25) is 14.9 Å². The fourth-order valence-corrected chi connectivity index (χ4v) is 2.69. The van der Waals surface area contributed by atoms with Crippen LogP contribution in [-0.4, -0.2) is 22.8 Å². The van der Waals surface area contributed by atoms with Crippen molar-refractivity contribution in [3.05, 3.63) is 87.1 Å². The van der Waals surface area contributed by atoms with Crippen molar-refractivity contribution >= 4 is 29.0 Å². The number of carbonyl (C=O) groups is 2. The van der Waals surface area contributed by atoms with Gasteiger partial charge in [0.05, 0.1) is 4.92 Å². The first kappa shape index (κ1) is 19.3. The summed E-state index contributed by atoms with van der Waals surface area (Å²) in [7, 11) is 0. The minimum absolute atomic E-state index is 0.0525. The molecule has 0 aliphatic rings. The Hall–Kier alpha value is -3.45. The molecule has 0 radical (unpaired) electrons. The Bertz CT molecular complexity index is 1040. The lowest BCUT2D eigenvalue weighted by Gasteiger charge is -2.11. The van der Waals surface area contributed by atoms with Crippen molar-refractivity contribution in [2.45, 2.75) is 13.0 Å². The molecule has 0 unspecified atom stereocenters. The molecule has 3 aromatic rings. The Labute approximate surface area is 164 Å². The van der Waals surface area contributed by atoms with E-state index in [-0.39, 0.29) is 11.4 Å². The standard InChI is InChI=1S/C20H14ClNO6/c1-12(19(23)14-3-2-4-15(21)11-14)27-20(24)18-10-9-17(28-18)13-5-7-16(8-6-13)22(25)26/h2-12H,1H3/t12-/m1/s1. The first-order valence-corrected chi connectivity index (χ1v) is 8.58. The number of hydrogen-bond donors (Lipinski definition) is 0. The van der Waals surface area contributed by atoms with Crippen molar-refractivity contribution in [2.75, 3.05) is 0 Å². The summed E-state index contributed by atoms with van der Waals surface area (Å²) in [4.78, 5) is 34.8. The number of carbonyl (C=O) groups excluding carboxylic acids is 2. The first-order valence-electron chi connectivity index (χ1n) is 8.20. The minimum atomic E-state index is -1.03. The number of halogens is 1. The molecule has 0 bridgehead atoms. The summed E-state index contributed by atoms with van der Waals surface area (Å²) in [6.07, 6.45) is -1.03. The number of ketones is 1. The zero-order chi connectivity index (χ0) is 20.3. The number of nitro groups is 1. The number of furan rings is 1. The summed E-state index contributed by atoms with van der Waals surface area (Å²) in [5, 5.41) is 11.1. The van der Waals surface area contributed by atoms with E-state index < -0.39 is 22.8 Å². The predicted molar refractivity (Wildman–Crippen MR) is 101 cm³/mol. The zero-order valence-corrected chi connectivity index (χ0v) is 15.4. The molecular weight excluding hydrogens is 386 g/mol. The third kappa shape index (κ3) is 4.27. The molecule has 142 valence electrons. The molecule has 0 spiro atoms. The third-order valence-electron chi connectivity index (χ3n) is 3.93. The van der Waals surface area contributed by atoms with Gasteiger partial charge in [0, 0.05) is 28.3 Å². The number of benzene rings is 2. The average molecular weight is 400 g/mol. The van der Waals surface area contributed by atoms with E-state index in [4.69, 9.17) is 20.8 Å². The van der Waals surface area contributed by atoms with E-state index in [1.165, 1.54) is 43.3 Å². The first-order chi connectivity index (χ1) is 13.3. The van der Waals surface area contributed by atoms with Gasteiger partial charge < -0.3 is 9.15 Å². The normalized spacial score (nSPS) is 11.6. The highest BCUT2D eigenvalue weighted by molar-refractivity contribution is 6.31. The van der Waals surface area contributed by atoms with Crippen molar-refractivity contribution in [3.8, 4) is 11.3 Å². The lowest BCUT2D eigenvalue weighted by Crippen LogP contribution is -2.24. The molecule has 0 aliphatic carbocycles. The smallest absolute Gasteiger partial charge is 0.374 e. The molecule has 8 heteroatoms. The van der Waals surface area contributed by atoms with E-state index >= 15 is 0 Å². The molecular formula is C20H14ClNO6. The lowest BCUT2D eigenvalue weighted by molar-refractivity contribution is -0.384. The van der Waals surface area contributed by atoms with E-state index in [2.05, 4.69) is 0 Å². The third-order valence-corrected chi connectivity index (χ3v) is 4.17. The van der Waals surface area contributed by atoms with Crippen molar-refractivity contribution in [1.82, 2.24) is 0 Å². The van der Waals surface area contributed by atoms with Crippen molar-refractivity contribution in [3.63, 3.8) is 0 Å². The fourth-order valence-electron chi connectivity index (χ4n) is 2.50. The SMILES string of the molecule is C[C@@H](OC(=O)c1ccc(-c2ccc([N+](=O)[O-])cc2)o1)C(=O)c1cccc(Cl)c1. The number of rotatable bonds is 6. The molecule has 0 N–H and O–H groups in total. The molecule has 0 saturated carbocycles.